The van der Waals surface area contributed by atoms with E-state index < -0.39 is 11.7 Å². The van der Waals surface area contributed by atoms with Gasteiger partial charge in [0.25, 0.3) is 0 Å². The van der Waals surface area contributed by atoms with Gasteiger partial charge in [0.05, 0.1) is 11.4 Å². The van der Waals surface area contributed by atoms with E-state index in [-0.39, 0.29) is 17.6 Å². The number of anilines is 3. The number of hydrogen-bond donors (Lipinski definition) is 4. The molecule has 2 aliphatic heterocycles. The number of Topliss-reactive ketones (excluding diaryl/α,β-unsaturated/α-hetero) is 1. The number of hydrogen-bond acceptors (Lipinski definition) is 5. The standard InChI is InChI=1S/C14H16N4O3/c1-6(19)14(3)8-4-10-11(5-9(8)16-12(14)21)18-13(17-10)15-7(2)20/h4-5,13,17-18H,1-3H3,(H,15,20)(H,16,21). The Bertz CT molecular complexity index is 685. The Hall–Kier alpha value is -2.57. The zero-order chi connectivity index (χ0) is 15.4. The zero-order valence-electron chi connectivity index (χ0n) is 12.0. The lowest BCUT2D eigenvalue weighted by Crippen LogP contribution is -2.41. The van der Waals surface area contributed by atoms with Crippen molar-refractivity contribution in [1.29, 1.82) is 0 Å². The molecule has 0 aliphatic carbocycles. The minimum Gasteiger partial charge on any atom is -0.347 e. The highest BCUT2D eigenvalue weighted by Crippen LogP contribution is 2.44. The van der Waals surface area contributed by atoms with Gasteiger partial charge in [-0.2, -0.15) is 0 Å². The molecule has 0 radical (unpaired) electrons. The van der Waals surface area contributed by atoms with Crippen molar-refractivity contribution in [2.24, 2.45) is 0 Å². The lowest BCUT2D eigenvalue weighted by molar-refractivity contribution is -0.130. The van der Waals surface area contributed by atoms with Gasteiger partial charge < -0.3 is 21.3 Å². The average molecular weight is 288 g/mol. The summed E-state index contributed by atoms with van der Waals surface area (Å²) in [6.07, 6.45) is -0.403. The Morgan fingerprint density at radius 3 is 2.33 bits per heavy atom. The molecule has 21 heavy (non-hydrogen) atoms. The molecule has 7 heteroatoms. The van der Waals surface area contributed by atoms with Crippen LogP contribution in [-0.2, 0) is 19.8 Å². The Morgan fingerprint density at radius 2 is 1.76 bits per heavy atom. The van der Waals surface area contributed by atoms with Crippen LogP contribution >= 0.6 is 0 Å². The highest BCUT2D eigenvalue weighted by Gasteiger charge is 2.47. The molecule has 0 spiro atoms. The summed E-state index contributed by atoms with van der Waals surface area (Å²) in [4.78, 5) is 35.1. The summed E-state index contributed by atoms with van der Waals surface area (Å²) < 4.78 is 0. The van der Waals surface area contributed by atoms with Gasteiger partial charge in [-0.05, 0) is 26.0 Å². The molecule has 3 rings (SSSR count). The van der Waals surface area contributed by atoms with Crippen molar-refractivity contribution in [2.75, 3.05) is 16.0 Å². The van der Waals surface area contributed by atoms with Gasteiger partial charge in [0, 0.05) is 18.2 Å². The second-order valence-corrected chi connectivity index (χ2v) is 5.50. The van der Waals surface area contributed by atoms with E-state index in [2.05, 4.69) is 21.3 Å². The van der Waals surface area contributed by atoms with Gasteiger partial charge in [-0.25, -0.2) is 0 Å². The number of ketones is 1. The van der Waals surface area contributed by atoms with Gasteiger partial charge in [0.1, 0.15) is 11.2 Å². The minimum absolute atomic E-state index is 0.165. The molecule has 4 N–H and O–H groups in total. The molecular formula is C14H16N4O3. The Kier molecular flexibility index (Phi) is 2.69. The Morgan fingerprint density at radius 1 is 1.14 bits per heavy atom. The van der Waals surface area contributed by atoms with E-state index in [1.54, 1.807) is 19.1 Å². The van der Waals surface area contributed by atoms with Gasteiger partial charge in [0.2, 0.25) is 11.8 Å². The number of benzene rings is 1. The van der Waals surface area contributed by atoms with E-state index in [1.165, 1.54) is 13.8 Å². The molecule has 0 fully saturated rings. The second kappa shape index (κ2) is 4.21. The van der Waals surface area contributed by atoms with Crippen molar-refractivity contribution >= 4 is 34.7 Å². The minimum atomic E-state index is -1.17. The van der Waals surface area contributed by atoms with E-state index in [0.717, 1.165) is 11.4 Å². The molecule has 1 aromatic rings. The third-order valence-electron chi connectivity index (χ3n) is 4.05. The summed E-state index contributed by atoms with van der Waals surface area (Å²) in [6.45, 7) is 4.46. The molecule has 2 amide bonds. The predicted octanol–water partition coefficient (Wildman–Crippen LogP) is 0.742. The van der Waals surface area contributed by atoms with Crippen molar-refractivity contribution in [2.45, 2.75) is 32.5 Å². The average Bonchev–Trinajstić information content (AvgIpc) is 2.86. The monoisotopic (exact) mass is 288 g/mol. The van der Waals surface area contributed by atoms with Gasteiger partial charge in [-0.15, -0.1) is 0 Å². The first-order valence-electron chi connectivity index (χ1n) is 6.63. The number of carbonyl (C=O) groups is 3. The highest BCUT2D eigenvalue weighted by molar-refractivity contribution is 6.21. The molecule has 110 valence electrons. The molecule has 0 aromatic heterocycles. The highest BCUT2D eigenvalue weighted by atomic mass is 16.2. The van der Waals surface area contributed by atoms with Crippen LogP contribution in [0.15, 0.2) is 12.1 Å². The van der Waals surface area contributed by atoms with Crippen LogP contribution in [0.3, 0.4) is 0 Å². The summed E-state index contributed by atoms with van der Waals surface area (Å²) in [5, 5.41) is 11.6. The fraction of sp³-hybridized carbons (Fsp3) is 0.357. The van der Waals surface area contributed by atoms with Gasteiger partial charge >= 0.3 is 0 Å². The fourth-order valence-corrected chi connectivity index (χ4v) is 2.70. The van der Waals surface area contributed by atoms with Crippen LogP contribution in [0.4, 0.5) is 17.1 Å². The molecule has 2 unspecified atom stereocenters. The maximum Gasteiger partial charge on any atom is 0.242 e. The first-order chi connectivity index (χ1) is 9.82. The Labute approximate surface area is 121 Å². The number of carbonyl (C=O) groups excluding carboxylic acids is 3. The van der Waals surface area contributed by atoms with E-state index in [4.69, 9.17) is 0 Å². The third kappa shape index (κ3) is 1.84. The number of fused-ring (bicyclic) bond motifs is 2. The second-order valence-electron chi connectivity index (χ2n) is 5.50. The van der Waals surface area contributed by atoms with Crippen molar-refractivity contribution in [3.63, 3.8) is 0 Å². The topological polar surface area (TPSA) is 99.3 Å². The lowest BCUT2D eigenvalue weighted by atomic mass is 9.80. The normalized spacial score (nSPS) is 25.3. The quantitative estimate of drug-likeness (QED) is 0.602. The first-order valence-corrected chi connectivity index (χ1v) is 6.63. The lowest BCUT2D eigenvalue weighted by Gasteiger charge is -2.18. The first kappa shape index (κ1) is 13.4. The van der Waals surface area contributed by atoms with Crippen molar-refractivity contribution in [1.82, 2.24) is 5.32 Å². The van der Waals surface area contributed by atoms with Gasteiger partial charge in [0.15, 0.2) is 6.29 Å². The molecule has 2 aliphatic rings. The van der Waals surface area contributed by atoms with Crippen LogP contribution in [0.2, 0.25) is 0 Å². The third-order valence-corrected chi connectivity index (χ3v) is 4.05. The number of amides is 2. The Balaban J connectivity index is 2.00. The summed E-state index contributed by atoms with van der Waals surface area (Å²) in [7, 11) is 0. The number of rotatable bonds is 2. The van der Waals surface area contributed by atoms with Gasteiger partial charge in [-0.1, -0.05) is 0 Å². The van der Waals surface area contributed by atoms with Crippen LogP contribution < -0.4 is 21.3 Å². The van der Waals surface area contributed by atoms with Crippen LogP contribution in [0, 0.1) is 0 Å². The van der Waals surface area contributed by atoms with Crippen molar-refractivity contribution < 1.29 is 14.4 Å². The van der Waals surface area contributed by atoms with Crippen molar-refractivity contribution in [3.8, 4) is 0 Å². The predicted molar refractivity (Wildman–Crippen MR) is 78.0 cm³/mol. The smallest absolute Gasteiger partial charge is 0.242 e. The largest absolute Gasteiger partial charge is 0.347 e. The van der Waals surface area contributed by atoms with E-state index in [0.29, 0.717) is 11.3 Å². The van der Waals surface area contributed by atoms with Crippen molar-refractivity contribution in [3.05, 3.63) is 17.7 Å². The summed E-state index contributed by atoms with van der Waals surface area (Å²) in [6, 6.07) is 3.55. The molecule has 2 atom stereocenters. The van der Waals surface area contributed by atoms with Crippen LogP contribution in [0.5, 0.6) is 0 Å². The van der Waals surface area contributed by atoms with Crippen LogP contribution in [0.1, 0.15) is 26.3 Å². The molecule has 2 heterocycles. The van der Waals surface area contributed by atoms with E-state index in [1.807, 2.05) is 0 Å². The van der Waals surface area contributed by atoms with E-state index in [9.17, 15) is 14.4 Å². The molecular weight excluding hydrogens is 272 g/mol. The summed E-state index contributed by atoms with van der Waals surface area (Å²) in [5.74, 6) is -0.683. The van der Waals surface area contributed by atoms with Gasteiger partial charge in [-0.3, -0.25) is 14.4 Å². The van der Waals surface area contributed by atoms with Crippen LogP contribution in [-0.4, -0.2) is 23.9 Å². The molecule has 0 saturated carbocycles. The summed E-state index contributed by atoms with van der Waals surface area (Å²) in [5.41, 5.74) is 1.61. The SMILES string of the molecule is CC(=O)NC1Nc2cc3c(cc2N1)C(C)(C(C)=O)C(=O)N3. The zero-order valence-corrected chi connectivity index (χ0v) is 12.0. The maximum atomic E-state index is 12.1. The summed E-state index contributed by atoms with van der Waals surface area (Å²) >= 11 is 0. The molecule has 0 saturated heterocycles. The maximum absolute atomic E-state index is 12.1. The molecule has 7 nitrogen and oxygen atoms in total. The molecule has 0 bridgehead atoms. The van der Waals surface area contributed by atoms with E-state index >= 15 is 0 Å². The molecule has 1 aromatic carbocycles. The number of nitrogens with one attached hydrogen (secondary N) is 4. The van der Waals surface area contributed by atoms with Crippen LogP contribution in [0.25, 0.3) is 0 Å². The fourth-order valence-electron chi connectivity index (χ4n) is 2.70.